The third-order valence-electron chi connectivity index (χ3n) is 3.73. The summed E-state index contributed by atoms with van der Waals surface area (Å²) < 4.78 is 2.96. The van der Waals surface area contributed by atoms with Crippen LogP contribution in [0.4, 0.5) is 0 Å². The molecule has 1 atom stereocenters. The number of benzene rings is 1. The summed E-state index contributed by atoms with van der Waals surface area (Å²) in [6.07, 6.45) is 5.59. The van der Waals surface area contributed by atoms with Crippen LogP contribution < -0.4 is 0 Å². The largest absolute Gasteiger partial charge is 0.473 e. The SMILES string of the molecule is Clc1ccc(C(Cn2ccnc2)SCSCc2ccsc2Cl)c(Cl)c1.O=C(O)C(=O)O. The number of halogens is 3. The van der Waals surface area contributed by atoms with Crippen LogP contribution in [0.1, 0.15) is 16.4 Å². The molecule has 0 radical (unpaired) electrons. The number of aromatic nitrogens is 2. The molecule has 0 saturated heterocycles. The third kappa shape index (κ3) is 8.96. The number of hydrogen-bond donors (Lipinski definition) is 2. The molecule has 0 spiro atoms. The number of rotatable bonds is 8. The number of carbonyl (C=O) groups is 2. The number of hydrogen-bond acceptors (Lipinski definition) is 6. The average molecular weight is 540 g/mol. The summed E-state index contributed by atoms with van der Waals surface area (Å²) in [5.74, 6) is -2.73. The van der Waals surface area contributed by atoms with Crippen LogP contribution in [0.25, 0.3) is 0 Å². The number of carboxylic acids is 2. The highest BCUT2D eigenvalue weighted by atomic mass is 35.5. The zero-order valence-electron chi connectivity index (χ0n) is 15.8. The van der Waals surface area contributed by atoms with Crippen LogP contribution in [-0.4, -0.2) is 36.8 Å². The first-order chi connectivity index (χ1) is 14.8. The Bertz CT molecular complexity index is 987. The molecule has 0 bridgehead atoms. The smallest absolute Gasteiger partial charge is 0.414 e. The summed E-state index contributed by atoms with van der Waals surface area (Å²) in [7, 11) is 0. The number of imidazole rings is 1. The molecule has 1 unspecified atom stereocenters. The maximum absolute atomic E-state index is 9.10. The minimum Gasteiger partial charge on any atom is -0.473 e. The predicted octanol–water partition coefficient (Wildman–Crippen LogP) is 6.43. The Kier molecular flexibility index (Phi) is 11.1. The standard InChI is InChI=1S/C17H15Cl3N2S3.C2H2O4/c18-13-1-2-14(15(19)7-13)16(8-22-5-4-21-10-22)25-11-23-9-12-3-6-24-17(12)20;3-1(4)2(5)6/h1-7,10,16H,8-9,11H2;(H,3,4)(H,5,6). The zero-order chi connectivity index (χ0) is 22.8. The molecular weight excluding hydrogens is 523 g/mol. The van der Waals surface area contributed by atoms with Gasteiger partial charge in [0, 0.05) is 45.1 Å². The van der Waals surface area contributed by atoms with Gasteiger partial charge in [-0.3, -0.25) is 0 Å². The summed E-state index contributed by atoms with van der Waals surface area (Å²) in [6.45, 7) is 0.811. The molecule has 0 saturated carbocycles. The van der Waals surface area contributed by atoms with E-state index in [2.05, 4.69) is 15.6 Å². The molecule has 0 amide bonds. The lowest BCUT2D eigenvalue weighted by atomic mass is 10.1. The lowest BCUT2D eigenvalue weighted by Gasteiger charge is -2.19. The molecule has 0 aliphatic heterocycles. The van der Waals surface area contributed by atoms with Gasteiger partial charge in [-0.2, -0.15) is 0 Å². The highest BCUT2D eigenvalue weighted by Gasteiger charge is 2.17. The van der Waals surface area contributed by atoms with Gasteiger partial charge >= 0.3 is 11.9 Å². The lowest BCUT2D eigenvalue weighted by Crippen LogP contribution is -2.09. The van der Waals surface area contributed by atoms with E-state index in [-0.39, 0.29) is 5.25 Å². The van der Waals surface area contributed by atoms with Crippen molar-refractivity contribution < 1.29 is 19.8 Å². The van der Waals surface area contributed by atoms with Gasteiger partial charge in [0.1, 0.15) is 0 Å². The highest BCUT2D eigenvalue weighted by molar-refractivity contribution is 8.15. The Morgan fingerprint density at radius 1 is 1.16 bits per heavy atom. The molecule has 2 aromatic heterocycles. The Hall–Kier alpha value is -1.36. The van der Waals surface area contributed by atoms with E-state index in [0.717, 1.165) is 27.3 Å². The van der Waals surface area contributed by atoms with Gasteiger partial charge in [-0.1, -0.05) is 40.9 Å². The van der Waals surface area contributed by atoms with Crippen LogP contribution in [-0.2, 0) is 21.9 Å². The van der Waals surface area contributed by atoms with Gasteiger partial charge in [0.05, 0.1) is 10.7 Å². The van der Waals surface area contributed by atoms with Gasteiger partial charge in [-0.25, -0.2) is 14.6 Å². The van der Waals surface area contributed by atoms with Crippen LogP contribution in [0, 0.1) is 0 Å². The Morgan fingerprint density at radius 3 is 2.45 bits per heavy atom. The molecule has 166 valence electrons. The zero-order valence-corrected chi connectivity index (χ0v) is 20.5. The minimum absolute atomic E-state index is 0.226. The Balaban J connectivity index is 0.000000501. The summed E-state index contributed by atoms with van der Waals surface area (Å²) in [5.41, 5.74) is 2.30. The molecule has 0 aliphatic carbocycles. The van der Waals surface area contributed by atoms with E-state index in [1.165, 1.54) is 5.56 Å². The van der Waals surface area contributed by atoms with Crippen LogP contribution >= 0.6 is 69.7 Å². The minimum atomic E-state index is -1.82. The number of carboxylic acid groups (broad SMARTS) is 2. The number of thioether (sulfide) groups is 2. The van der Waals surface area contributed by atoms with Gasteiger partial charge < -0.3 is 14.8 Å². The fourth-order valence-electron chi connectivity index (χ4n) is 2.29. The van der Waals surface area contributed by atoms with Crippen LogP contribution in [0.2, 0.25) is 14.4 Å². The second kappa shape index (κ2) is 13.2. The number of aliphatic carboxylic acids is 2. The van der Waals surface area contributed by atoms with Crippen molar-refractivity contribution in [3.05, 3.63) is 73.9 Å². The van der Waals surface area contributed by atoms with E-state index in [9.17, 15) is 0 Å². The molecule has 0 fully saturated rings. The van der Waals surface area contributed by atoms with Crippen molar-refractivity contribution in [3.8, 4) is 0 Å². The molecule has 31 heavy (non-hydrogen) atoms. The molecule has 2 N–H and O–H groups in total. The normalized spacial score (nSPS) is 11.5. The molecule has 3 rings (SSSR count). The molecule has 3 aromatic rings. The third-order valence-corrected chi connectivity index (χ3v) is 8.08. The van der Waals surface area contributed by atoms with E-state index >= 15 is 0 Å². The monoisotopic (exact) mass is 538 g/mol. The van der Waals surface area contributed by atoms with Crippen molar-refractivity contribution in [2.45, 2.75) is 17.5 Å². The first kappa shape index (κ1) is 25.9. The maximum atomic E-state index is 9.10. The van der Waals surface area contributed by atoms with Gasteiger partial charge in [0.25, 0.3) is 0 Å². The second-order valence-electron chi connectivity index (χ2n) is 5.88. The predicted molar refractivity (Wildman–Crippen MR) is 130 cm³/mol. The van der Waals surface area contributed by atoms with Crippen molar-refractivity contribution in [1.29, 1.82) is 0 Å². The summed E-state index contributed by atoms with van der Waals surface area (Å²) in [5, 5.41) is 19.3. The fraction of sp³-hybridized carbons (Fsp3) is 0.211. The first-order valence-electron chi connectivity index (χ1n) is 8.56. The first-order valence-corrected chi connectivity index (χ1v) is 12.8. The molecule has 2 heterocycles. The molecule has 0 aliphatic rings. The Morgan fingerprint density at radius 2 is 1.90 bits per heavy atom. The summed E-state index contributed by atoms with van der Waals surface area (Å²) >= 11 is 23.9. The second-order valence-corrected chi connectivity index (χ2v) is 10.8. The van der Waals surface area contributed by atoms with E-state index in [4.69, 9.17) is 54.6 Å². The van der Waals surface area contributed by atoms with Crippen LogP contribution in [0.15, 0.2) is 48.4 Å². The molecule has 1 aromatic carbocycles. The summed E-state index contributed by atoms with van der Waals surface area (Å²) in [6, 6.07) is 7.80. The van der Waals surface area contributed by atoms with Crippen molar-refractivity contribution in [2.75, 3.05) is 5.08 Å². The topological polar surface area (TPSA) is 92.4 Å². The Labute approximate surface area is 206 Å². The van der Waals surface area contributed by atoms with Gasteiger partial charge in [0.2, 0.25) is 0 Å². The molecular formula is C19H17Cl3N2O4S3. The number of nitrogens with zero attached hydrogens (tertiary/aromatic N) is 2. The van der Waals surface area contributed by atoms with Gasteiger partial charge in [-0.05, 0) is 34.7 Å². The number of thiophene rings is 1. The molecule has 6 nitrogen and oxygen atoms in total. The highest BCUT2D eigenvalue weighted by Crippen LogP contribution is 2.38. The van der Waals surface area contributed by atoms with Crippen molar-refractivity contribution in [2.24, 2.45) is 0 Å². The average Bonchev–Trinajstić information content (AvgIpc) is 3.36. The van der Waals surface area contributed by atoms with E-state index in [1.54, 1.807) is 23.6 Å². The van der Waals surface area contributed by atoms with Gasteiger partial charge in [0.15, 0.2) is 0 Å². The van der Waals surface area contributed by atoms with E-state index < -0.39 is 11.9 Å². The van der Waals surface area contributed by atoms with E-state index in [1.807, 2.05) is 53.6 Å². The quantitative estimate of drug-likeness (QED) is 0.194. The van der Waals surface area contributed by atoms with Crippen molar-refractivity contribution in [3.63, 3.8) is 0 Å². The van der Waals surface area contributed by atoms with Crippen LogP contribution in [0.3, 0.4) is 0 Å². The summed E-state index contributed by atoms with van der Waals surface area (Å²) in [4.78, 5) is 22.3. The van der Waals surface area contributed by atoms with Crippen LogP contribution in [0.5, 0.6) is 0 Å². The lowest BCUT2D eigenvalue weighted by molar-refractivity contribution is -0.159. The molecule has 12 heteroatoms. The maximum Gasteiger partial charge on any atom is 0.414 e. The van der Waals surface area contributed by atoms with Crippen molar-refractivity contribution >= 4 is 81.6 Å². The van der Waals surface area contributed by atoms with Crippen molar-refractivity contribution in [1.82, 2.24) is 9.55 Å². The fourth-order valence-corrected chi connectivity index (χ4v) is 6.49. The van der Waals surface area contributed by atoms with Gasteiger partial charge in [-0.15, -0.1) is 34.9 Å². The van der Waals surface area contributed by atoms with E-state index in [0.29, 0.717) is 10.0 Å².